The number of carbonyl (C=O) groups is 1. The number of nitrogens with zero attached hydrogens (tertiary/aromatic N) is 5. The van der Waals surface area contributed by atoms with Gasteiger partial charge < -0.3 is 19.5 Å². The van der Waals surface area contributed by atoms with Crippen molar-refractivity contribution >= 4 is 28.6 Å². The number of carboxylic acid groups (broad SMARTS) is 1. The van der Waals surface area contributed by atoms with E-state index in [1.165, 1.54) is 12.1 Å². The first-order valence-electron chi connectivity index (χ1n) is 13.8. The lowest BCUT2D eigenvalue weighted by molar-refractivity contribution is 0.0697. The fourth-order valence-electron chi connectivity index (χ4n) is 5.27. The number of hydrogen-bond acceptors (Lipinski definition) is 7. The molecule has 1 aliphatic heterocycles. The number of aliphatic hydroxyl groups excluding tert-OH is 1. The van der Waals surface area contributed by atoms with Gasteiger partial charge in [0.05, 0.1) is 47.4 Å². The number of aromatic carboxylic acids is 1. The second-order valence-corrected chi connectivity index (χ2v) is 10.8. The van der Waals surface area contributed by atoms with Crippen molar-refractivity contribution in [2.24, 2.45) is 0 Å². The number of carboxylic acids is 1. The Kier molecular flexibility index (Phi) is 9.32. The standard InChI is InChI=1S/C31H31ClFN5O4/c32-11-8-24(39)17-38-28-15-22(31(40)41)6-7-27(28)35-29(38)18-37-12-9-21(10-13-37)26-2-1-3-30(36-26)42-19-23-5-4-20(16-34)14-25(23)33/h1-7,14-15,21,24,39H,8-13,17-19H2,(H,40,41). The third-order valence-electron chi connectivity index (χ3n) is 7.58. The number of nitriles is 1. The average Bonchev–Trinajstić information content (AvgIpc) is 3.32. The summed E-state index contributed by atoms with van der Waals surface area (Å²) in [6, 6.07) is 16.7. The molecule has 1 fully saturated rings. The third-order valence-corrected chi connectivity index (χ3v) is 7.80. The second-order valence-electron chi connectivity index (χ2n) is 10.4. The van der Waals surface area contributed by atoms with Gasteiger partial charge in [0.25, 0.3) is 0 Å². The summed E-state index contributed by atoms with van der Waals surface area (Å²) in [5, 5.41) is 28.9. The number of aromatic nitrogens is 3. The van der Waals surface area contributed by atoms with Crippen LogP contribution in [0.4, 0.5) is 4.39 Å². The van der Waals surface area contributed by atoms with E-state index in [0.29, 0.717) is 41.3 Å². The zero-order chi connectivity index (χ0) is 29.6. The quantitative estimate of drug-likeness (QED) is 0.231. The monoisotopic (exact) mass is 591 g/mol. The SMILES string of the molecule is N#Cc1ccc(COc2cccc(C3CCN(Cc4nc5ccc(C(=O)O)cc5n4CC(O)CCCl)CC3)n2)c(F)c1. The normalized spacial score (nSPS) is 15.0. The Morgan fingerprint density at radius 2 is 1.98 bits per heavy atom. The lowest BCUT2D eigenvalue weighted by Crippen LogP contribution is -2.34. The number of benzene rings is 2. The largest absolute Gasteiger partial charge is 0.478 e. The highest BCUT2D eigenvalue weighted by molar-refractivity contribution is 6.17. The van der Waals surface area contributed by atoms with Crippen molar-refractivity contribution in [3.05, 3.63) is 88.6 Å². The van der Waals surface area contributed by atoms with E-state index in [0.717, 1.165) is 37.4 Å². The van der Waals surface area contributed by atoms with Crippen LogP contribution in [0.5, 0.6) is 5.88 Å². The Hall–Kier alpha value is -4.04. The summed E-state index contributed by atoms with van der Waals surface area (Å²) < 4.78 is 21.9. The first kappa shape index (κ1) is 29.5. The molecular formula is C31H31ClFN5O4. The van der Waals surface area contributed by atoms with Crippen LogP contribution in [-0.4, -0.2) is 60.7 Å². The number of ether oxygens (including phenoxy) is 1. The smallest absolute Gasteiger partial charge is 0.335 e. The number of rotatable bonds is 11. The first-order valence-corrected chi connectivity index (χ1v) is 14.3. The van der Waals surface area contributed by atoms with Gasteiger partial charge in [0.15, 0.2) is 0 Å². The van der Waals surface area contributed by atoms with E-state index in [1.807, 2.05) is 22.8 Å². The number of fused-ring (bicyclic) bond motifs is 1. The van der Waals surface area contributed by atoms with Crippen LogP contribution < -0.4 is 4.74 Å². The molecule has 0 radical (unpaired) electrons. The van der Waals surface area contributed by atoms with E-state index < -0.39 is 17.9 Å². The predicted molar refractivity (Wildman–Crippen MR) is 155 cm³/mol. The maximum atomic E-state index is 14.2. The van der Waals surface area contributed by atoms with Gasteiger partial charge >= 0.3 is 5.97 Å². The van der Waals surface area contributed by atoms with Gasteiger partial charge in [0.1, 0.15) is 18.2 Å². The number of halogens is 2. The first-order chi connectivity index (χ1) is 20.3. The summed E-state index contributed by atoms with van der Waals surface area (Å²) in [5.41, 5.74) is 3.07. The molecule has 1 atom stereocenters. The molecule has 3 heterocycles. The van der Waals surface area contributed by atoms with Crippen molar-refractivity contribution in [2.75, 3.05) is 19.0 Å². The molecule has 218 valence electrons. The molecule has 42 heavy (non-hydrogen) atoms. The Bertz CT molecular complexity index is 1610. The van der Waals surface area contributed by atoms with Gasteiger partial charge in [-0.2, -0.15) is 5.26 Å². The van der Waals surface area contributed by atoms with Crippen LogP contribution in [0.2, 0.25) is 0 Å². The molecule has 1 unspecified atom stereocenters. The highest BCUT2D eigenvalue weighted by Crippen LogP contribution is 2.29. The summed E-state index contributed by atoms with van der Waals surface area (Å²) in [6.45, 7) is 2.47. The molecule has 2 aromatic heterocycles. The summed E-state index contributed by atoms with van der Waals surface area (Å²) in [5.74, 6) is 0.246. The van der Waals surface area contributed by atoms with Gasteiger partial charge in [-0.15, -0.1) is 11.6 Å². The topological polar surface area (TPSA) is 124 Å². The van der Waals surface area contributed by atoms with Crippen molar-refractivity contribution in [1.82, 2.24) is 19.4 Å². The molecule has 4 aromatic rings. The molecule has 1 aliphatic rings. The molecule has 0 spiro atoms. The number of hydrogen-bond donors (Lipinski definition) is 2. The van der Waals surface area contributed by atoms with Gasteiger partial charge in [0.2, 0.25) is 5.88 Å². The van der Waals surface area contributed by atoms with E-state index >= 15 is 0 Å². The lowest BCUT2D eigenvalue weighted by atomic mass is 9.93. The Morgan fingerprint density at radius 1 is 1.17 bits per heavy atom. The number of likely N-dealkylation sites (tertiary alicyclic amines) is 1. The Morgan fingerprint density at radius 3 is 2.69 bits per heavy atom. The van der Waals surface area contributed by atoms with Crippen LogP contribution in [0.3, 0.4) is 0 Å². The number of pyridine rings is 1. The minimum absolute atomic E-state index is 0.0149. The molecule has 2 aromatic carbocycles. The Labute approximate surface area is 247 Å². The number of alkyl halides is 1. The highest BCUT2D eigenvalue weighted by atomic mass is 35.5. The molecule has 1 saturated heterocycles. The maximum absolute atomic E-state index is 14.2. The van der Waals surface area contributed by atoms with Gasteiger partial charge in [-0.3, -0.25) is 4.90 Å². The summed E-state index contributed by atoms with van der Waals surface area (Å²) in [6.07, 6.45) is 1.49. The van der Waals surface area contributed by atoms with Gasteiger partial charge in [-0.25, -0.2) is 19.2 Å². The molecule has 2 N–H and O–H groups in total. The third kappa shape index (κ3) is 6.87. The van der Waals surface area contributed by atoms with E-state index in [1.54, 1.807) is 30.3 Å². The number of aliphatic hydroxyl groups is 1. The number of imidazole rings is 1. The second kappa shape index (κ2) is 13.3. The van der Waals surface area contributed by atoms with Crippen molar-refractivity contribution in [3.63, 3.8) is 0 Å². The molecule has 9 nitrogen and oxygen atoms in total. The summed E-state index contributed by atoms with van der Waals surface area (Å²) in [7, 11) is 0. The van der Waals surface area contributed by atoms with Gasteiger partial charge in [-0.05, 0) is 68.8 Å². The summed E-state index contributed by atoms with van der Waals surface area (Å²) >= 11 is 5.84. The Balaban J connectivity index is 1.24. The molecule has 5 rings (SSSR count). The molecular weight excluding hydrogens is 561 g/mol. The van der Waals surface area contributed by atoms with Crippen molar-refractivity contribution in [2.45, 2.75) is 51.0 Å². The zero-order valence-electron chi connectivity index (χ0n) is 22.9. The van der Waals surface area contributed by atoms with Gasteiger partial charge in [-0.1, -0.05) is 12.1 Å². The molecule has 11 heteroatoms. The fourth-order valence-corrected chi connectivity index (χ4v) is 5.52. The van der Waals surface area contributed by atoms with Crippen LogP contribution in [0.25, 0.3) is 11.0 Å². The highest BCUT2D eigenvalue weighted by Gasteiger charge is 2.24. The van der Waals surface area contributed by atoms with Crippen molar-refractivity contribution < 1.29 is 24.1 Å². The minimum atomic E-state index is -1.01. The maximum Gasteiger partial charge on any atom is 0.335 e. The molecule has 0 bridgehead atoms. The molecule has 0 saturated carbocycles. The van der Waals surface area contributed by atoms with E-state index in [4.69, 9.17) is 26.6 Å². The summed E-state index contributed by atoms with van der Waals surface area (Å²) in [4.78, 5) is 23.3. The van der Waals surface area contributed by atoms with E-state index in [2.05, 4.69) is 9.88 Å². The zero-order valence-corrected chi connectivity index (χ0v) is 23.7. The lowest BCUT2D eigenvalue weighted by Gasteiger charge is -2.31. The molecule has 0 amide bonds. The number of piperidine rings is 1. The van der Waals surface area contributed by atoms with Crippen molar-refractivity contribution in [3.8, 4) is 11.9 Å². The van der Waals surface area contributed by atoms with Crippen LogP contribution in [-0.2, 0) is 19.7 Å². The van der Waals surface area contributed by atoms with Crippen LogP contribution >= 0.6 is 11.6 Å². The van der Waals surface area contributed by atoms with Crippen molar-refractivity contribution in [1.29, 1.82) is 5.26 Å². The predicted octanol–water partition coefficient (Wildman–Crippen LogP) is 5.09. The molecule has 0 aliphatic carbocycles. The average molecular weight is 592 g/mol. The van der Waals surface area contributed by atoms with Gasteiger partial charge in [0, 0.05) is 29.1 Å². The van der Waals surface area contributed by atoms with Crippen LogP contribution in [0.1, 0.15) is 58.2 Å². The van der Waals surface area contributed by atoms with E-state index in [-0.39, 0.29) is 30.2 Å². The minimum Gasteiger partial charge on any atom is -0.478 e. The van der Waals surface area contributed by atoms with Crippen LogP contribution in [0, 0.1) is 17.1 Å². The fraction of sp³-hybridized carbons (Fsp3) is 0.355. The van der Waals surface area contributed by atoms with E-state index in [9.17, 15) is 19.4 Å². The van der Waals surface area contributed by atoms with Crippen LogP contribution in [0.15, 0.2) is 54.6 Å².